The van der Waals surface area contributed by atoms with Gasteiger partial charge in [0.1, 0.15) is 12.6 Å². The second-order valence-corrected chi connectivity index (χ2v) is 6.71. The Morgan fingerprint density at radius 3 is 2.30 bits per heavy atom. The molecule has 0 aliphatic carbocycles. The minimum Gasteiger partial charge on any atom is -0.481 e. The molecule has 4 amide bonds. The average molecular weight is 465 g/mol. The molecular formula is C19H27N7O7. The van der Waals surface area contributed by atoms with Gasteiger partial charge in [-0.3, -0.25) is 28.9 Å². The summed E-state index contributed by atoms with van der Waals surface area (Å²) in [5, 5.41) is 17.1. The molecule has 33 heavy (non-hydrogen) atoms. The molecule has 1 aromatic rings. The first-order valence-electron chi connectivity index (χ1n) is 9.67. The summed E-state index contributed by atoms with van der Waals surface area (Å²) in [5.41, 5.74) is 16.2. The SMILES string of the molecule is CC(=O)N(C(=O)CNC(=O)[C@@H](N)CCON=C(N)N)[C@@H](CC(=O)O)C(=O)Nc1ccccc1. The zero-order valence-electron chi connectivity index (χ0n) is 17.9. The molecule has 0 fully saturated rings. The van der Waals surface area contributed by atoms with Gasteiger partial charge in [0.05, 0.1) is 19.0 Å². The smallest absolute Gasteiger partial charge is 0.306 e. The van der Waals surface area contributed by atoms with E-state index >= 15 is 0 Å². The van der Waals surface area contributed by atoms with E-state index in [0.717, 1.165) is 6.92 Å². The number of carbonyl (C=O) groups is 5. The monoisotopic (exact) mass is 465 g/mol. The normalized spacial score (nSPS) is 11.9. The van der Waals surface area contributed by atoms with Crippen LogP contribution >= 0.6 is 0 Å². The molecule has 0 aliphatic rings. The Morgan fingerprint density at radius 2 is 1.76 bits per heavy atom. The molecule has 0 saturated heterocycles. The van der Waals surface area contributed by atoms with Crippen LogP contribution in [-0.2, 0) is 28.8 Å². The number of aliphatic carboxylic acids is 1. The van der Waals surface area contributed by atoms with Crippen LogP contribution in [0.3, 0.4) is 0 Å². The lowest BCUT2D eigenvalue weighted by Gasteiger charge is -2.27. The molecule has 0 radical (unpaired) electrons. The van der Waals surface area contributed by atoms with Crippen LogP contribution in [0.2, 0.25) is 0 Å². The average Bonchev–Trinajstić information content (AvgIpc) is 2.74. The van der Waals surface area contributed by atoms with E-state index in [1.165, 1.54) is 0 Å². The standard InChI is InChI=1S/C19H27N7O7/c1-11(27)26(14(9-16(29)30)18(32)24-12-5-3-2-4-6-12)15(28)10-23-17(31)13(20)7-8-33-25-19(21)22/h2-6,13-14H,7-10,20H2,1H3,(H,23,31)(H,24,32)(H,29,30)(H4,21,22,25)/t13-,14-/m0/s1. The molecule has 0 unspecified atom stereocenters. The van der Waals surface area contributed by atoms with Gasteiger partial charge in [-0.1, -0.05) is 18.2 Å². The van der Waals surface area contributed by atoms with Crippen LogP contribution in [0, 0.1) is 0 Å². The van der Waals surface area contributed by atoms with Gasteiger partial charge in [-0.05, 0) is 17.3 Å². The zero-order chi connectivity index (χ0) is 25.0. The minimum absolute atomic E-state index is 0.00828. The maximum atomic E-state index is 12.7. The van der Waals surface area contributed by atoms with Crippen LogP contribution in [0.4, 0.5) is 5.69 Å². The first-order chi connectivity index (χ1) is 15.5. The van der Waals surface area contributed by atoms with Crippen molar-refractivity contribution in [1.82, 2.24) is 10.2 Å². The lowest BCUT2D eigenvalue weighted by molar-refractivity contribution is -0.152. The largest absolute Gasteiger partial charge is 0.481 e. The van der Waals surface area contributed by atoms with Gasteiger partial charge in [0, 0.05) is 19.0 Å². The van der Waals surface area contributed by atoms with Crippen LogP contribution < -0.4 is 27.8 Å². The number of amides is 4. The molecule has 1 aromatic carbocycles. The molecule has 14 heteroatoms. The van der Waals surface area contributed by atoms with Crippen molar-refractivity contribution in [2.24, 2.45) is 22.4 Å². The fraction of sp³-hybridized carbons (Fsp3) is 0.368. The Hall–Kier alpha value is -4.20. The summed E-state index contributed by atoms with van der Waals surface area (Å²) in [6.45, 7) is 0.215. The maximum absolute atomic E-state index is 12.7. The van der Waals surface area contributed by atoms with Gasteiger partial charge in [0.15, 0.2) is 0 Å². The van der Waals surface area contributed by atoms with Gasteiger partial charge in [-0.15, -0.1) is 0 Å². The quantitative estimate of drug-likeness (QED) is 0.0850. The number of anilines is 1. The van der Waals surface area contributed by atoms with E-state index in [9.17, 15) is 29.1 Å². The topological polar surface area (TPSA) is 233 Å². The lowest BCUT2D eigenvalue weighted by Crippen LogP contribution is -2.54. The Labute approximate surface area is 189 Å². The first kappa shape index (κ1) is 26.8. The number of hydrogen-bond acceptors (Lipinski definition) is 8. The van der Waals surface area contributed by atoms with Crippen LogP contribution in [0.1, 0.15) is 19.8 Å². The highest BCUT2D eigenvalue weighted by molar-refractivity contribution is 6.05. The second kappa shape index (κ2) is 13.3. The molecule has 14 nitrogen and oxygen atoms in total. The van der Waals surface area contributed by atoms with Gasteiger partial charge in [0.25, 0.3) is 0 Å². The Morgan fingerprint density at radius 1 is 1.12 bits per heavy atom. The first-order valence-corrected chi connectivity index (χ1v) is 9.67. The molecule has 2 atom stereocenters. The third kappa shape index (κ3) is 9.65. The van der Waals surface area contributed by atoms with E-state index < -0.39 is 54.6 Å². The number of carboxylic acid groups (broad SMARTS) is 1. The van der Waals surface area contributed by atoms with E-state index in [1.807, 2.05) is 0 Å². The fourth-order valence-electron chi connectivity index (χ4n) is 2.59. The highest BCUT2D eigenvalue weighted by Crippen LogP contribution is 2.12. The molecular weight excluding hydrogens is 438 g/mol. The zero-order valence-corrected chi connectivity index (χ0v) is 17.9. The summed E-state index contributed by atoms with van der Waals surface area (Å²) in [6, 6.07) is 5.34. The molecule has 180 valence electrons. The summed E-state index contributed by atoms with van der Waals surface area (Å²) in [4.78, 5) is 66.0. The van der Waals surface area contributed by atoms with Gasteiger partial charge >= 0.3 is 5.97 Å². The maximum Gasteiger partial charge on any atom is 0.306 e. The molecule has 1 rings (SSSR count). The van der Waals surface area contributed by atoms with Crippen LogP contribution in [-0.4, -0.2) is 70.8 Å². The summed E-state index contributed by atoms with van der Waals surface area (Å²) in [6.07, 6.45) is -0.825. The van der Waals surface area contributed by atoms with Gasteiger partial charge in [-0.2, -0.15) is 0 Å². The summed E-state index contributed by atoms with van der Waals surface area (Å²) < 4.78 is 0. The third-order valence-electron chi connectivity index (χ3n) is 4.07. The Bertz CT molecular complexity index is 888. The number of hydrogen-bond donors (Lipinski definition) is 6. The number of rotatable bonds is 12. The predicted molar refractivity (Wildman–Crippen MR) is 116 cm³/mol. The number of guanidine groups is 1. The molecule has 9 N–H and O–H groups in total. The number of nitrogens with two attached hydrogens (primary N) is 3. The van der Waals surface area contributed by atoms with E-state index in [-0.39, 0.29) is 19.0 Å². The number of carbonyl (C=O) groups excluding carboxylic acids is 4. The number of para-hydroxylation sites is 1. The molecule has 0 saturated carbocycles. The van der Waals surface area contributed by atoms with Gasteiger partial charge in [0.2, 0.25) is 29.6 Å². The summed E-state index contributed by atoms with van der Waals surface area (Å²) >= 11 is 0. The van der Waals surface area contributed by atoms with Gasteiger partial charge in [-0.25, -0.2) is 0 Å². The van der Waals surface area contributed by atoms with E-state index in [2.05, 4.69) is 15.8 Å². The van der Waals surface area contributed by atoms with Crippen molar-refractivity contribution >= 4 is 41.2 Å². The number of benzene rings is 1. The summed E-state index contributed by atoms with van der Waals surface area (Å²) in [7, 11) is 0. The number of nitrogens with one attached hydrogen (secondary N) is 2. The molecule has 0 spiro atoms. The molecule has 0 aliphatic heterocycles. The van der Waals surface area contributed by atoms with Crippen LogP contribution in [0.15, 0.2) is 35.5 Å². The Kier molecular flexibility index (Phi) is 10.8. The van der Waals surface area contributed by atoms with Crippen molar-refractivity contribution in [2.75, 3.05) is 18.5 Å². The van der Waals surface area contributed by atoms with Crippen molar-refractivity contribution in [1.29, 1.82) is 0 Å². The highest BCUT2D eigenvalue weighted by atomic mass is 16.6. The number of nitrogens with zero attached hydrogens (tertiary/aromatic N) is 2. The molecule has 0 heterocycles. The molecule has 0 aromatic heterocycles. The van der Waals surface area contributed by atoms with Crippen LogP contribution in [0.25, 0.3) is 0 Å². The van der Waals surface area contributed by atoms with Crippen molar-refractivity contribution in [3.63, 3.8) is 0 Å². The highest BCUT2D eigenvalue weighted by Gasteiger charge is 2.35. The van der Waals surface area contributed by atoms with Gasteiger partial charge < -0.3 is 37.8 Å². The lowest BCUT2D eigenvalue weighted by atomic mass is 10.1. The number of imide groups is 1. The Balaban J connectivity index is 2.82. The number of oxime groups is 1. The second-order valence-electron chi connectivity index (χ2n) is 6.71. The van der Waals surface area contributed by atoms with E-state index in [0.29, 0.717) is 10.6 Å². The van der Waals surface area contributed by atoms with Crippen molar-refractivity contribution in [2.45, 2.75) is 31.8 Å². The fourth-order valence-corrected chi connectivity index (χ4v) is 2.59. The predicted octanol–water partition coefficient (Wildman–Crippen LogP) is -2.12. The van der Waals surface area contributed by atoms with Crippen LogP contribution in [0.5, 0.6) is 0 Å². The third-order valence-corrected chi connectivity index (χ3v) is 4.07. The van der Waals surface area contributed by atoms with E-state index in [4.69, 9.17) is 22.0 Å². The minimum atomic E-state index is -1.65. The van der Waals surface area contributed by atoms with Crippen molar-refractivity contribution in [3.8, 4) is 0 Å². The molecule has 0 bridgehead atoms. The number of carboxylic acids is 1. The van der Waals surface area contributed by atoms with Crippen molar-refractivity contribution < 1.29 is 33.9 Å². The van der Waals surface area contributed by atoms with Crippen molar-refractivity contribution in [3.05, 3.63) is 30.3 Å². The summed E-state index contributed by atoms with van der Waals surface area (Å²) in [5.74, 6) is -5.21. The van der Waals surface area contributed by atoms with E-state index in [1.54, 1.807) is 30.3 Å².